The van der Waals surface area contributed by atoms with Crippen LogP contribution in [0.15, 0.2) is 12.1 Å². The van der Waals surface area contributed by atoms with Crippen molar-refractivity contribution in [3.8, 4) is 11.3 Å². The Balaban J connectivity index is 2.24. The second-order valence-corrected chi connectivity index (χ2v) is 7.53. The van der Waals surface area contributed by atoms with Crippen molar-refractivity contribution in [1.29, 1.82) is 0 Å². The molecule has 0 unspecified atom stereocenters. The molecule has 0 radical (unpaired) electrons. The number of nitrogens with two attached hydrogens (primary N) is 1. The van der Waals surface area contributed by atoms with Gasteiger partial charge in [0.05, 0.1) is 17.8 Å². The van der Waals surface area contributed by atoms with E-state index < -0.39 is 23.0 Å². The van der Waals surface area contributed by atoms with Gasteiger partial charge >= 0.3 is 0 Å². The minimum absolute atomic E-state index is 0.0404. The summed E-state index contributed by atoms with van der Waals surface area (Å²) in [6.45, 7) is 8.32. The van der Waals surface area contributed by atoms with Gasteiger partial charge in [0.1, 0.15) is 11.6 Å². The molecule has 5 nitrogen and oxygen atoms in total. The van der Waals surface area contributed by atoms with Gasteiger partial charge in [0.2, 0.25) is 5.91 Å². The lowest BCUT2D eigenvalue weighted by atomic mass is 9.98. The predicted octanol–water partition coefficient (Wildman–Crippen LogP) is 3.13. The number of hydrogen-bond donors (Lipinski definition) is 1. The maximum absolute atomic E-state index is 14.4. The zero-order valence-corrected chi connectivity index (χ0v) is 15.8. The number of nitrogens with zero attached hydrogens (tertiary/aromatic N) is 3. The molecule has 3 rings (SSSR count). The Bertz CT molecular complexity index is 905. The van der Waals surface area contributed by atoms with Crippen LogP contribution in [0.5, 0.6) is 0 Å². The zero-order valence-electron chi connectivity index (χ0n) is 15.8. The molecule has 0 fully saturated rings. The second kappa shape index (κ2) is 6.67. The van der Waals surface area contributed by atoms with Crippen molar-refractivity contribution in [3.63, 3.8) is 0 Å². The normalized spacial score (nSPS) is 16.0. The molecule has 2 heterocycles. The molecule has 2 aromatic rings. The fourth-order valence-electron chi connectivity index (χ4n) is 3.79. The number of benzene rings is 1. The van der Waals surface area contributed by atoms with Crippen molar-refractivity contribution in [2.75, 3.05) is 13.1 Å². The van der Waals surface area contributed by atoms with Crippen molar-refractivity contribution in [2.45, 2.75) is 45.7 Å². The first-order valence-electron chi connectivity index (χ1n) is 8.86. The zero-order chi connectivity index (χ0) is 20.1. The summed E-state index contributed by atoms with van der Waals surface area (Å²) >= 11 is 0. The number of carbonyl (C=O) groups is 1. The van der Waals surface area contributed by atoms with E-state index in [1.54, 1.807) is 4.90 Å². The number of carbonyl (C=O) groups excluding carboxylic acids is 1. The first-order chi connectivity index (χ1) is 12.6. The van der Waals surface area contributed by atoms with Crippen LogP contribution < -0.4 is 5.73 Å². The minimum Gasteiger partial charge on any atom is -0.327 e. The van der Waals surface area contributed by atoms with Crippen LogP contribution in [-0.4, -0.2) is 33.4 Å². The first kappa shape index (κ1) is 19.4. The third-order valence-corrected chi connectivity index (χ3v) is 5.06. The second-order valence-electron chi connectivity index (χ2n) is 7.53. The summed E-state index contributed by atoms with van der Waals surface area (Å²) in [5.41, 5.74) is 5.66. The lowest BCUT2D eigenvalue weighted by Crippen LogP contribution is -2.53. The summed E-state index contributed by atoms with van der Waals surface area (Å²) in [6, 6.07) is 1.36. The van der Waals surface area contributed by atoms with Gasteiger partial charge in [-0.05, 0) is 25.8 Å². The lowest BCUT2D eigenvalue weighted by Gasteiger charge is -2.42. The van der Waals surface area contributed by atoms with E-state index in [0.29, 0.717) is 25.0 Å². The predicted molar refractivity (Wildman–Crippen MR) is 95.4 cm³/mol. The third kappa shape index (κ3) is 3.01. The van der Waals surface area contributed by atoms with E-state index in [2.05, 4.69) is 4.98 Å². The van der Waals surface area contributed by atoms with E-state index in [1.165, 1.54) is 0 Å². The van der Waals surface area contributed by atoms with Crippen LogP contribution in [0.3, 0.4) is 0 Å². The molecule has 1 amide bonds. The van der Waals surface area contributed by atoms with Gasteiger partial charge in [-0.1, -0.05) is 13.8 Å². The quantitative estimate of drug-likeness (QED) is 0.832. The highest BCUT2D eigenvalue weighted by Crippen LogP contribution is 2.39. The maximum Gasteiger partial charge on any atom is 0.237 e. The topological polar surface area (TPSA) is 64.2 Å². The van der Waals surface area contributed by atoms with Gasteiger partial charge in [-0.15, -0.1) is 0 Å². The SMILES string of the molecule is CC(C)c1c(-c2cc(F)c(F)cc2F)nc2n1CCN(C(=O)CN)C2(C)C. The van der Waals surface area contributed by atoms with Crippen LogP contribution in [0.2, 0.25) is 0 Å². The molecule has 146 valence electrons. The summed E-state index contributed by atoms with van der Waals surface area (Å²) in [7, 11) is 0. The van der Waals surface area contributed by atoms with Crippen LogP contribution >= 0.6 is 0 Å². The van der Waals surface area contributed by atoms with Crippen LogP contribution in [0.25, 0.3) is 11.3 Å². The summed E-state index contributed by atoms with van der Waals surface area (Å²) in [5, 5.41) is 0. The summed E-state index contributed by atoms with van der Waals surface area (Å²) in [4.78, 5) is 18.5. The first-order valence-corrected chi connectivity index (χ1v) is 8.86. The summed E-state index contributed by atoms with van der Waals surface area (Å²) < 4.78 is 43.5. The van der Waals surface area contributed by atoms with Gasteiger partial charge in [0.15, 0.2) is 11.6 Å². The summed E-state index contributed by atoms with van der Waals surface area (Å²) in [5.74, 6) is -2.93. The Kier molecular flexibility index (Phi) is 4.80. The van der Waals surface area contributed by atoms with Gasteiger partial charge in [-0.2, -0.15) is 0 Å². The van der Waals surface area contributed by atoms with Crippen molar-refractivity contribution in [2.24, 2.45) is 5.73 Å². The van der Waals surface area contributed by atoms with E-state index in [-0.39, 0.29) is 29.6 Å². The van der Waals surface area contributed by atoms with Gasteiger partial charge in [0.25, 0.3) is 0 Å². The average Bonchev–Trinajstić information content (AvgIpc) is 2.98. The van der Waals surface area contributed by atoms with E-state index >= 15 is 0 Å². The lowest BCUT2D eigenvalue weighted by molar-refractivity contribution is -0.137. The summed E-state index contributed by atoms with van der Waals surface area (Å²) in [6.07, 6.45) is 0. The molecule has 1 aliphatic rings. The highest BCUT2D eigenvalue weighted by atomic mass is 19.2. The Hall–Kier alpha value is -2.35. The Morgan fingerprint density at radius 2 is 1.81 bits per heavy atom. The number of halogens is 3. The van der Waals surface area contributed by atoms with Crippen LogP contribution in [-0.2, 0) is 16.9 Å². The smallest absolute Gasteiger partial charge is 0.237 e. The molecular formula is C19H23F3N4O. The van der Waals surface area contributed by atoms with Crippen molar-refractivity contribution < 1.29 is 18.0 Å². The van der Waals surface area contributed by atoms with E-state index in [9.17, 15) is 18.0 Å². The number of imidazole rings is 1. The molecule has 0 atom stereocenters. The highest BCUT2D eigenvalue weighted by molar-refractivity contribution is 5.79. The molecule has 1 aromatic heterocycles. The third-order valence-electron chi connectivity index (χ3n) is 5.06. The standard InChI is InChI=1S/C19H23F3N4O/c1-10(2)17-16(11-7-13(21)14(22)8-12(11)20)24-18-19(3,4)26(15(27)9-23)6-5-25(17)18/h7-8,10H,5-6,9,23H2,1-4H3. The number of hydrogen-bond acceptors (Lipinski definition) is 3. The monoisotopic (exact) mass is 380 g/mol. The Labute approximate surface area is 156 Å². The Morgan fingerprint density at radius 1 is 1.19 bits per heavy atom. The van der Waals surface area contributed by atoms with Gasteiger partial charge < -0.3 is 15.2 Å². The Morgan fingerprint density at radius 3 is 2.41 bits per heavy atom. The van der Waals surface area contributed by atoms with Crippen LogP contribution in [0.1, 0.15) is 45.1 Å². The molecule has 0 aliphatic carbocycles. The maximum atomic E-state index is 14.4. The van der Waals surface area contributed by atoms with Crippen molar-refractivity contribution in [1.82, 2.24) is 14.5 Å². The average molecular weight is 380 g/mol. The highest BCUT2D eigenvalue weighted by Gasteiger charge is 2.41. The number of amides is 1. The van der Waals surface area contributed by atoms with E-state index in [0.717, 1.165) is 11.8 Å². The fraction of sp³-hybridized carbons (Fsp3) is 0.474. The van der Waals surface area contributed by atoms with Crippen molar-refractivity contribution >= 4 is 5.91 Å². The molecule has 1 aromatic carbocycles. The molecule has 8 heteroatoms. The van der Waals surface area contributed by atoms with Crippen molar-refractivity contribution in [3.05, 3.63) is 41.1 Å². The minimum atomic E-state index is -1.24. The fourth-order valence-corrected chi connectivity index (χ4v) is 3.79. The number of rotatable bonds is 3. The molecular weight excluding hydrogens is 357 g/mol. The molecule has 0 saturated carbocycles. The largest absolute Gasteiger partial charge is 0.327 e. The van der Waals surface area contributed by atoms with Gasteiger partial charge in [0, 0.05) is 30.4 Å². The van der Waals surface area contributed by atoms with Gasteiger partial charge in [-0.25, -0.2) is 18.2 Å². The number of fused-ring (bicyclic) bond motifs is 1. The van der Waals surface area contributed by atoms with E-state index in [4.69, 9.17) is 5.73 Å². The molecule has 1 aliphatic heterocycles. The van der Waals surface area contributed by atoms with Crippen LogP contribution in [0.4, 0.5) is 13.2 Å². The molecule has 0 spiro atoms. The molecule has 0 saturated heterocycles. The number of aromatic nitrogens is 2. The van der Waals surface area contributed by atoms with Crippen LogP contribution in [0, 0.1) is 17.5 Å². The molecule has 2 N–H and O–H groups in total. The van der Waals surface area contributed by atoms with E-state index in [1.807, 2.05) is 32.3 Å². The molecule has 27 heavy (non-hydrogen) atoms. The van der Waals surface area contributed by atoms with Gasteiger partial charge in [-0.3, -0.25) is 4.79 Å². The molecule has 0 bridgehead atoms.